The number of quaternary nitrogens is 1. The van der Waals surface area contributed by atoms with Crippen LogP contribution in [0, 0.1) is 5.21 Å². The third-order valence-electron chi connectivity index (χ3n) is 0.763. The lowest BCUT2D eigenvalue weighted by atomic mass is 10.6. The van der Waals surface area contributed by atoms with Gasteiger partial charge in [-0.1, -0.05) is 6.58 Å². The van der Waals surface area contributed by atoms with Crippen LogP contribution < -0.4 is 5.06 Å². The van der Waals surface area contributed by atoms with Crippen molar-refractivity contribution in [1.29, 1.82) is 0 Å². The summed E-state index contributed by atoms with van der Waals surface area (Å²) >= 11 is 0. The summed E-state index contributed by atoms with van der Waals surface area (Å²) in [5.41, 5.74) is 0. The van der Waals surface area contributed by atoms with E-state index in [2.05, 4.69) is 6.58 Å². The van der Waals surface area contributed by atoms with Crippen molar-refractivity contribution in [2.45, 2.75) is 0 Å². The summed E-state index contributed by atoms with van der Waals surface area (Å²) in [4.78, 5) is 0. The lowest BCUT2D eigenvalue weighted by Gasteiger charge is -2.18. The van der Waals surface area contributed by atoms with E-state index < -0.39 is 0 Å². The van der Waals surface area contributed by atoms with E-state index >= 15 is 0 Å². The molecule has 0 aromatic carbocycles. The number of aliphatic hydroxyl groups is 1. The fraction of sp³-hybridized carbons (Fsp3) is 0.600. The van der Waals surface area contributed by atoms with Crippen molar-refractivity contribution in [1.82, 2.24) is 0 Å². The molecule has 3 heteroatoms. The molecule has 0 aromatic rings. The van der Waals surface area contributed by atoms with E-state index in [1.54, 1.807) is 0 Å². The average molecular weight is 117 g/mol. The van der Waals surface area contributed by atoms with Gasteiger partial charge < -0.3 is 15.4 Å². The van der Waals surface area contributed by atoms with Crippen LogP contribution in [0.1, 0.15) is 0 Å². The van der Waals surface area contributed by atoms with Gasteiger partial charge in [0.1, 0.15) is 6.54 Å². The maximum Gasteiger partial charge on any atom is 0.101 e. The molecule has 0 radical (unpaired) electrons. The zero-order valence-corrected chi connectivity index (χ0v) is 4.76. The molecule has 0 saturated heterocycles. The number of nitrogens with one attached hydrogen (secondary N) is 1. The van der Waals surface area contributed by atoms with E-state index in [9.17, 15) is 5.21 Å². The lowest BCUT2D eigenvalue weighted by Crippen LogP contribution is -3.07. The van der Waals surface area contributed by atoms with Gasteiger partial charge in [-0.25, -0.2) is 0 Å². The van der Waals surface area contributed by atoms with Crippen LogP contribution in [-0.4, -0.2) is 24.8 Å². The van der Waals surface area contributed by atoms with E-state index in [-0.39, 0.29) is 18.2 Å². The van der Waals surface area contributed by atoms with Crippen LogP contribution in [0.4, 0.5) is 0 Å². The molecule has 0 heterocycles. The third-order valence-corrected chi connectivity index (χ3v) is 0.763. The maximum absolute atomic E-state index is 10.4. The number of aliphatic hydroxyl groups excluding tert-OH is 1. The minimum Gasteiger partial charge on any atom is -0.634 e. The SMILES string of the molecule is C=CC[NH+]([O-])CCO. The van der Waals surface area contributed by atoms with E-state index in [0.717, 1.165) is 0 Å². The second-order valence-electron chi connectivity index (χ2n) is 1.51. The molecule has 0 fully saturated rings. The van der Waals surface area contributed by atoms with Crippen molar-refractivity contribution < 1.29 is 10.2 Å². The molecule has 8 heavy (non-hydrogen) atoms. The topological polar surface area (TPSA) is 47.7 Å². The van der Waals surface area contributed by atoms with Crippen LogP contribution in [0.3, 0.4) is 0 Å². The van der Waals surface area contributed by atoms with E-state index in [1.807, 2.05) is 0 Å². The molecule has 0 bridgehead atoms. The van der Waals surface area contributed by atoms with Crippen LogP contribution in [0.2, 0.25) is 0 Å². The summed E-state index contributed by atoms with van der Waals surface area (Å²) in [6, 6.07) is 0. The summed E-state index contributed by atoms with van der Waals surface area (Å²) in [5.74, 6) is 0. The second-order valence-corrected chi connectivity index (χ2v) is 1.51. The fourth-order valence-corrected chi connectivity index (χ4v) is 0.388. The number of hydroxylamine groups is 2. The summed E-state index contributed by atoms with van der Waals surface area (Å²) in [6.45, 7) is 3.96. The molecular formula is C5H11NO2. The Morgan fingerprint density at radius 2 is 2.38 bits per heavy atom. The monoisotopic (exact) mass is 117 g/mol. The zero-order chi connectivity index (χ0) is 6.41. The first kappa shape index (κ1) is 7.62. The Kier molecular flexibility index (Phi) is 4.54. The number of hydrogen-bond acceptors (Lipinski definition) is 2. The van der Waals surface area contributed by atoms with E-state index in [4.69, 9.17) is 5.11 Å². The Bertz CT molecular complexity index is 65.4. The summed E-state index contributed by atoms with van der Waals surface area (Å²) in [5, 5.41) is 18.7. The molecule has 0 amide bonds. The highest BCUT2D eigenvalue weighted by Gasteiger charge is 1.87. The van der Waals surface area contributed by atoms with Crippen molar-refractivity contribution in [3.05, 3.63) is 17.9 Å². The fourth-order valence-electron chi connectivity index (χ4n) is 0.388. The van der Waals surface area contributed by atoms with Gasteiger partial charge in [-0.15, -0.1) is 0 Å². The molecule has 0 aliphatic rings. The normalized spacial score (nSPS) is 13.2. The Morgan fingerprint density at radius 1 is 1.75 bits per heavy atom. The molecule has 2 N–H and O–H groups in total. The van der Waals surface area contributed by atoms with Crippen molar-refractivity contribution in [2.24, 2.45) is 0 Å². The molecule has 0 saturated carbocycles. The van der Waals surface area contributed by atoms with Crippen molar-refractivity contribution in [3.63, 3.8) is 0 Å². The summed E-state index contributed by atoms with van der Waals surface area (Å²) < 4.78 is 0. The predicted molar refractivity (Wildman–Crippen MR) is 31.3 cm³/mol. The Morgan fingerprint density at radius 3 is 2.75 bits per heavy atom. The number of hydrogen-bond donors (Lipinski definition) is 2. The molecule has 0 aromatic heterocycles. The molecule has 0 spiro atoms. The highest BCUT2D eigenvalue weighted by molar-refractivity contribution is 4.62. The van der Waals surface area contributed by atoms with Crippen LogP contribution in [0.15, 0.2) is 12.7 Å². The molecule has 1 unspecified atom stereocenters. The van der Waals surface area contributed by atoms with Gasteiger partial charge in [-0.2, -0.15) is 0 Å². The molecule has 3 nitrogen and oxygen atoms in total. The first-order valence-electron chi connectivity index (χ1n) is 2.54. The van der Waals surface area contributed by atoms with Crippen LogP contribution in [0.25, 0.3) is 0 Å². The Labute approximate surface area is 48.8 Å². The highest BCUT2D eigenvalue weighted by atomic mass is 16.5. The van der Waals surface area contributed by atoms with Gasteiger partial charge in [0.2, 0.25) is 0 Å². The molecule has 48 valence electrons. The molecule has 0 aliphatic carbocycles. The van der Waals surface area contributed by atoms with Crippen LogP contribution >= 0.6 is 0 Å². The molecular weight excluding hydrogens is 106 g/mol. The Hall–Kier alpha value is -0.380. The van der Waals surface area contributed by atoms with Gasteiger partial charge in [0.25, 0.3) is 0 Å². The standard InChI is InChI=1S/C5H11NO2/c1-2-3-6(8)4-5-7/h2,6-7H,1,3-5H2. The minimum atomic E-state index is -0.0489. The smallest absolute Gasteiger partial charge is 0.101 e. The van der Waals surface area contributed by atoms with E-state index in [1.165, 1.54) is 6.08 Å². The largest absolute Gasteiger partial charge is 0.634 e. The van der Waals surface area contributed by atoms with Crippen molar-refractivity contribution in [3.8, 4) is 0 Å². The van der Waals surface area contributed by atoms with Gasteiger partial charge in [-0.3, -0.25) is 0 Å². The second kappa shape index (κ2) is 4.77. The lowest BCUT2D eigenvalue weighted by molar-refractivity contribution is -0.841. The van der Waals surface area contributed by atoms with Gasteiger partial charge in [0.05, 0.1) is 13.2 Å². The van der Waals surface area contributed by atoms with Gasteiger partial charge in [0.15, 0.2) is 0 Å². The first-order valence-corrected chi connectivity index (χ1v) is 2.54. The summed E-state index contributed by atoms with van der Waals surface area (Å²) in [6.07, 6.45) is 1.54. The first-order chi connectivity index (χ1) is 3.81. The van der Waals surface area contributed by atoms with Gasteiger partial charge in [0, 0.05) is 0 Å². The summed E-state index contributed by atoms with van der Waals surface area (Å²) in [7, 11) is 0. The highest BCUT2D eigenvalue weighted by Crippen LogP contribution is 1.50. The van der Waals surface area contributed by atoms with Gasteiger partial charge >= 0.3 is 0 Å². The zero-order valence-electron chi connectivity index (χ0n) is 4.76. The van der Waals surface area contributed by atoms with E-state index in [0.29, 0.717) is 6.54 Å². The Balaban J connectivity index is 3.03. The predicted octanol–water partition coefficient (Wildman–Crippen LogP) is -1.45. The minimum absolute atomic E-state index is 0.0440. The third kappa shape index (κ3) is 3.80. The van der Waals surface area contributed by atoms with Crippen LogP contribution in [0.5, 0.6) is 0 Å². The average Bonchev–Trinajstić information content (AvgIpc) is 1.68. The molecule has 1 atom stereocenters. The van der Waals surface area contributed by atoms with Crippen LogP contribution in [-0.2, 0) is 0 Å². The maximum atomic E-state index is 10.4. The molecule has 0 rings (SSSR count). The van der Waals surface area contributed by atoms with Crippen molar-refractivity contribution >= 4 is 0 Å². The van der Waals surface area contributed by atoms with Crippen molar-refractivity contribution in [2.75, 3.05) is 19.7 Å². The quantitative estimate of drug-likeness (QED) is 0.349. The molecule has 0 aliphatic heterocycles. The number of rotatable bonds is 4. The van der Waals surface area contributed by atoms with Gasteiger partial charge in [-0.05, 0) is 6.08 Å².